The molecule has 394 valence electrons. The standard InChI is InChI=1S/C37H36.C23H24.C13H12.C5H10/c1-23-15-17-32-33-18-16-27(22-35(33)37(5,6)34(32)21-23)31-20-19-30(28-13-9-7-11-24(28)2)26(4)36(31)29-14-10-8-12-25(29)3;1-4-20(19-11-6-5-7-12-19)23-16-17(2)14-15-22(23)21-13-9-8-10-18(21)3;1-11-7-9-13(10-8-11)12-5-3-2-4-6-12;1-3-5-4-2/h8-10,12-22H,7,11H2,1-6H3;5-16,20H,4H2,1-3H3;2-10H,1H3;3,5H,4H2,1-2H3/b;;;5-3-. The molecule has 9 aromatic rings. The van der Waals surface area contributed by atoms with Gasteiger partial charge in [-0.1, -0.05) is 268 Å². The Bertz CT molecular complexity index is 3560. The first kappa shape index (κ1) is 56.4. The van der Waals surface area contributed by atoms with E-state index in [9.17, 15) is 0 Å². The van der Waals surface area contributed by atoms with Gasteiger partial charge in [0.1, 0.15) is 0 Å². The highest BCUT2D eigenvalue weighted by Crippen LogP contribution is 2.51. The molecule has 0 amide bonds. The first-order valence-corrected chi connectivity index (χ1v) is 28.5. The van der Waals surface area contributed by atoms with E-state index in [0.717, 1.165) is 25.7 Å². The molecule has 11 rings (SSSR count). The molecule has 0 saturated heterocycles. The Hall–Kier alpha value is -7.80. The summed E-state index contributed by atoms with van der Waals surface area (Å²) < 4.78 is 0. The van der Waals surface area contributed by atoms with Crippen LogP contribution in [0.3, 0.4) is 0 Å². The van der Waals surface area contributed by atoms with Crippen LogP contribution in [0.4, 0.5) is 0 Å². The molecule has 0 nitrogen and oxygen atoms in total. The number of benzene rings is 9. The zero-order valence-corrected chi connectivity index (χ0v) is 48.8. The summed E-state index contributed by atoms with van der Waals surface area (Å²) in [6.45, 7) is 26.7. The van der Waals surface area contributed by atoms with Crippen molar-refractivity contribution in [3.63, 3.8) is 0 Å². The molecule has 0 spiro atoms. The minimum atomic E-state index is -0.0146. The maximum Gasteiger partial charge on any atom is 0.0159 e. The molecule has 0 fully saturated rings. The zero-order chi connectivity index (χ0) is 55.3. The second kappa shape index (κ2) is 26.0. The van der Waals surface area contributed by atoms with Gasteiger partial charge in [-0.2, -0.15) is 0 Å². The van der Waals surface area contributed by atoms with Crippen molar-refractivity contribution in [2.75, 3.05) is 0 Å². The molecule has 0 heterocycles. The third-order valence-electron chi connectivity index (χ3n) is 16.0. The summed E-state index contributed by atoms with van der Waals surface area (Å²) in [4.78, 5) is 0. The van der Waals surface area contributed by atoms with E-state index >= 15 is 0 Å². The van der Waals surface area contributed by atoms with Crippen LogP contribution in [-0.4, -0.2) is 0 Å². The summed E-state index contributed by atoms with van der Waals surface area (Å²) in [6.07, 6.45) is 13.4. The van der Waals surface area contributed by atoms with E-state index in [2.05, 4.69) is 295 Å². The van der Waals surface area contributed by atoms with Gasteiger partial charge in [0.25, 0.3) is 0 Å². The van der Waals surface area contributed by atoms with Gasteiger partial charge in [0.05, 0.1) is 0 Å². The van der Waals surface area contributed by atoms with Gasteiger partial charge in [0.2, 0.25) is 0 Å². The molecule has 2 aliphatic rings. The summed E-state index contributed by atoms with van der Waals surface area (Å²) in [5.74, 6) is 0.436. The summed E-state index contributed by atoms with van der Waals surface area (Å²) in [5.41, 5.74) is 31.3. The predicted molar refractivity (Wildman–Crippen MR) is 342 cm³/mol. The minimum Gasteiger partial charge on any atom is -0.0917 e. The third kappa shape index (κ3) is 12.8. The molecular formula is C78H82. The minimum absolute atomic E-state index is 0.0146. The second-order valence-corrected chi connectivity index (χ2v) is 22.0. The molecular weight excluding hydrogens is 937 g/mol. The normalized spacial score (nSPS) is 13.3. The fraction of sp³-hybridized carbons (Fsp3) is 0.231. The van der Waals surface area contributed by atoms with Crippen molar-refractivity contribution in [1.29, 1.82) is 0 Å². The lowest BCUT2D eigenvalue weighted by Gasteiger charge is -2.24. The van der Waals surface area contributed by atoms with Crippen molar-refractivity contribution in [3.05, 3.63) is 291 Å². The SMILES string of the molecule is C/C=C\CC.CC1=C(c2ccc(-c3ccc4c(c3)C(C)(C)c3cc(C)ccc3-4)c(-c3ccccc3C)c2C)C=CCC1.CCC(c1ccccc1)c1cc(C)ccc1-c1ccccc1C.Cc1ccc(-c2ccccc2)cc1. The maximum atomic E-state index is 2.46. The number of aryl methyl sites for hydroxylation is 5. The van der Waals surface area contributed by atoms with Crippen molar-refractivity contribution in [3.8, 4) is 55.6 Å². The van der Waals surface area contributed by atoms with E-state index in [0.29, 0.717) is 5.92 Å². The smallest absolute Gasteiger partial charge is 0.0159 e. The third-order valence-corrected chi connectivity index (χ3v) is 16.0. The Kier molecular flexibility index (Phi) is 18.8. The second-order valence-electron chi connectivity index (χ2n) is 22.0. The fourth-order valence-electron chi connectivity index (χ4n) is 11.6. The molecule has 0 N–H and O–H groups in total. The lowest BCUT2D eigenvalue weighted by atomic mass is 9.79. The molecule has 0 aromatic heterocycles. The van der Waals surface area contributed by atoms with Crippen LogP contribution in [0.15, 0.2) is 230 Å². The average molecular weight is 1020 g/mol. The largest absolute Gasteiger partial charge is 0.0917 e. The highest BCUT2D eigenvalue weighted by atomic mass is 14.4. The zero-order valence-electron chi connectivity index (χ0n) is 48.8. The van der Waals surface area contributed by atoms with E-state index in [1.54, 1.807) is 0 Å². The molecule has 0 bridgehead atoms. The van der Waals surface area contributed by atoms with Gasteiger partial charge in [-0.15, -0.1) is 0 Å². The lowest BCUT2D eigenvalue weighted by molar-refractivity contribution is 0.660. The van der Waals surface area contributed by atoms with Crippen molar-refractivity contribution in [1.82, 2.24) is 0 Å². The van der Waals surface area contributed by atoms with Gasteiger partial charge in [-0.25, -0.2) is 0 Å². The monoisotopic (exact) mass is 1020 g/mol. The Morgan fingerprint density at radius 2 is 0.974 bits per heavy atom. The van der Waals surface area contributed by atoms with E-state index < -0.39 is 0 Å². The van der Waals surface area contributed by atoms with Crippen molar-refractivity contribution in [2.45, 2.75) is 120 Å². The number of hydrogen-bond donors (Lipinski definition) is 0. The molecule has 9 aromatic carbocycles. The first-order valence-electron chi connectivity index (χ1n) is 28.5. The van der Waals surface area contributed by atoms with Crippen LogP contribution in [0.2, 0.25) is 0 Å². The van der Waals surface area contributed by atoms with Crippen molar-refractivity contribution >= 4 is 5.57 Å². The lowest BCUT2D eigenvalue weighted by Crippen LogP contribution is -2.15. The summed E-state index contributed by atoms with van der Waals surface area (Å²) in [5, 5.41) is 0. The highest BCUT2D eigenvalue weighted by molar-refractivity contribution is 5.94. The Morgan fingerprint density at radius 3 is 1.58 bits per heavy atom. The summed E-state index contributed by atoms with van der Waals surface area (Å²) in [7, 11) is 0. The molecule has 0 aliphatic heterocycles. The summed E-state index contributed by atoms with van der Waals surface area (Å²) in [6, 6.07) is 73.1. The van der Waals surface area contributed by atoms with Gasteiger partial charge < -0.3 is 0 Å². The van der Waals surface area contributed by atoms with Crippen molar-refractivity contribution < 1.29 is 0 Å². The Balaban J connectivity index is 0.000000165. The van der Waals surface area contributed by atoms with Crippen molar-refractivity contribution in [2.24, 2.45) is 0 Å². The molecule has 78 heavy (non-hydrogen) atoms. The predicted octanol–water partition coefficient (Wildman–Crippen LogP) is 22.5. The van der Waals surface area contributed by atoms with Gasteiger partial charge in [-0.05, 0) is 193 Å². The molecule has 1 unspecified atom stereocenters. The van der Waals surface area contributed by atoms with Gasteiger partial charge in [0, 0.05) is 11.3 Å². The van der Waals surface area contributed by atoms with Crippen LogP contribution in [-0.2, 0) is 5.41 Å². The van der Waals surface area contributed by atoms with Gasteiger partial charge >= 0.3 is 0 Å². The molecule has 0 saturated carbocycles. The maximum absolute atomic E-state index is 2.46. The van der Waals surface area contributed by atoms with Crippen LogP contribution in [0.25, 0.3) is 61.2 Å². The van der Waals surface area contributed by atoms with E-state index in [1.807, 2.05) is 13.0 Å². The average Bonchev–Trinajstić information content (AvgIpc) is 3.95. The molecule has 2 aliphatic carbocycles. The number of allylic oxidation sites excluding steroid dienone is 6. The fourth-order valence-corrected chi connectivity index (χ4v) is 11.6. The Morgan fingerprint density at radius 1 is 0.462 bits per heavy atom. The quantitative estimate of drug-likeness (QED) is 0.126. The summed E-state index contributed by atoms with van der Waals surface area (Å²) >= 11 is 0. The first-order chi connectivity index (χ1) is 37.7. The van der Waals surface area contributed by atoms with Crippen LogP contribution < -0.4 is 0 Å². The number of hydrogen-bond acceptors (Lipinski definition) is 0. The Labute approximate surface area is 470 Å². The van der Waals surface area contributed by atoms with Crippen LogP contribution >= 0.6 is 0 Å². The van der Waals surface area contributed by atoms with Gasteiger partial charge in [-0.3, -0.25) is 0 Å². The molecule has 0 heteroatoms. The number of rotatable bonds is 9. The number of fused-ring (bicyclic) bond motifs is 3. The molecule has 0 radical (unpaired) electrons. The highest BCUT2D eigenvalue weighted by Gasteiger charge is 2.36. The topological polar surface area (TPSA) is 0 Å². The van der Waals surface area contributed by atoms with Crippen LogP contribution in [0.1, 0.15) is 134 Å². The van der Waals surface area contributed by atoms with Gasteiger partial charge in [0.15, 0.2) is 0 Å². The van der Waals surface area contributed by atoms with Crippen LogP contribution in [0, 0.1) is 41.5 Å². The van der Waals surface area contributed by atoms with E-state index in [-0.39, 0.29) is 5.41 Å². The van der Waals surface area contributed by atoms with Crippen LogP contribution in [0.5, 0.6) is 0 Å². The molecule has 1 atom stereocenters. The van der Waals surface area contributed by atoms with E-state index in [1.165, 1.54) is 128 Å². The van der Waals surface area contributed by atoms with E-state index in [4.69, 9.17) is 0 Å².